The first kappa shape index (κ1) is 11.3. The molecule has 0 aliphatic heterocycles. The molecule has 12 heavy (non-hydrogen) atoms. The lowest BCUT2D eigenvalue weighted by atomic mass is 10.5. The maximum atomic E-state index is 10.6. The number of nitrogens with two attached hydrogens (primary N) is 1. The summed E-state index contributed by atoms with van der Waals surface area (Å²) in [5, 5.41) is 0. The minimum absolute atomic E-state index is 0.175. The maximum Gasteiger partial charge on any atom is 0.328 e. The first-order valence-electron chi connectivity index (χ1n) is 3.53. The predicted octanol–water partition coefficient (Wildman–Crippen LogP) is -1.04. The molecule has 0 aliphatic carbocycles. The second kappa shape index (κ2) is 8.41. The highest BCUT2D eigenvalue weighted by molar-refractivity contribution is 5.69. The van der Waals surface area contributed by atoms with E-state index in [0.717, 1.165) is 0 Å². The first-order valence-corrected chi connectivity index (χ1v) is 3.53. The fourth-order valence-corrected chi connectivity index (χ4v) is 0.517. The molecular weight excluding hydrogens is 164 g/mol. The normalized spacial score (nSPS) is 9.83. The number of rotatable bonds is 7. The van der Waals surface area contributed by atoms with E-state index in [1.165, 1.54) is 0 Å². The van der Waals surface area contributed by atoms with Gasteiger partial charge in [0.15, 0.2) is 0 Å². The van der Waals surface area contributed by atoms with Gasteiger partial charge in [0.05, 0.1) is 26.2 Å². The van der Waals surface area contributed by atoms with Gasteiger partial charge in [-0.25, -0.2) is 5.84 Å². The van der Waals surface area contributed by atoms with Crippen molar-refractivity contribution in [2.75, 3.05) is 26.9 Å². The second-order valence-electron chi connectivity index (χ2n) is 1.95. The Morgan fingerprint density at radius 1 is 1.42 bits per heavy atom. The zero-order chi connectivity index (χ0) is 9.23. The van der Waals surface area contributed by atoms with Gasteiger partial charge in [-0.1, -0.05) is 5.59 Å². The zero-order valence-corrected chi connectivity index (χ0v) is 7.04. The van der Waals surface area contributed by atoms with E-state index >= 15 is 0 Å². The number of hydrazine groups is 1. The van der Waals surface area contributed by atoms with Crippen LogP contribution in [0.3, 0.4) is 0 Å². The molecule has 3 N–H and O–H groups in total. The lowest BCUT2D eigenvalue weighted by Crippen LogP contribution is -2.26. The van der Waals surface area contributed by atoms with Gasteiger partial charge < -0.3 is 14.3 Å². The van der Waals surface area contributed by atoms with Gasteiger partial charge >= 0.3 is 5.97 Å². The summed E-state index contributed by atoms with van der Waals surface area (Å²) < 4.78 is 9.72. The van der Waals surface area contributed by atoms with Crippen LogP contribution < -0.4 is 11.4 Å². The van der Waals surface area contributed by atoms with Gasteiger partial charge in [0.2, 0.25) is 0 Å². The smallest absolute Gasteiger partial charge is 0.328 e. The van der Waals surface area contributed by atoms with E-state index in [1.54, 1.807) is 12.7 Å². The van der Waals surface area contributed by atoms with Gasteiger partial charge in [-0.05, 0) is 0 Å². The SMILES string of the molecule is COCCOCCC(=O)ONN. The standard InChI is InChI=1S/C6H14N2O4/c1-10-4-5-11-3-2-6(9)12-8-7/h8H,2-5,7H2,1H3. The molecule has 6 nitrogen and oxygen atoms in total. The summed E-state index contributed by atoms with van der Waals surface area (Å²) in [6, 6.07) is 0. The summed E-state index contributed by atoms with van der Waals surface area (Å²) in [6.45, 7) is 1.30. The molecule has 6 heteroatoms. The van der Waals surface area contributed by atoms with Gasteiger partial charge in [0, 0.05) is 7.11 Å². The fraction of sp³-hybridized carbons (Fsp3) is 0.833. The molecule has 0 amide bonds. The van der Waals surface area contributed by atoms with E-state index in [0.29, 0.717) is 19.8 Å². The number of ether oxygens (including phenoxy) is 2. The molecule has 0 unspecified atom stereocenters. The van der Waals surface area contributed by atoms with E-state index in [2.05, 4.69) is 4.84 Å². The summed E-state index contributed by atoms with van der Waals surface area (Å²) in [4.78, 5) is 14.8. The minimum Gasteiger partial charge on any atom is -0.382 e. The molecule has 72 valence electrons. The average molecular weight is 178 g/mol. The van der Waals surface area contributed by atoms with E-state index in [4.69, 9.17) is 15.3 Å². The van der Waals surface area contributed by atoms with Crippen LogP contribution in [0.15, 0.2) is 0 Å². The van der Waals surface area contributed by atoms with E-state index in [9.17, 15) is 4.79 Å². The third kappa shape index (κ3) is 7.42. The Hall–Kier alpha value is -0.690. The first-order chi connectivity index (χ1) is 5.81. The summed E-state index contributed by atoms with van der Waals surface area (Å²) >= 11 is 0. The van der Waals surface area contributed by atoms with Crippen molar-refractivity contribution in [1.29, 1.82) is 0 Å². The van der Waals surface area contributed by atoms with Crippen LogP contribution in [0.2, 0.25) is 0 Å². The lowest BCUT2D eigenvalue weighted by Gasteiger charge is -2.02. The van der Waals surface area contributed by atoms with Gasteiger partial charge in [0.1, 0.15) is 0 Å². The fourth-order valence-electron chi connectivity index (χ4n) is 0.517. The Labute approximate surface area is 70.9 Å². The van der Waals surface area contributed by atoms with Crippen molar-refractivity contribution >= 4 is 5.97 Å². The van der Waals surface area contributed by atoms with Crippen molar-refractivity contribution in [3.63, 3.8) is 0 Å². The topological polar surface area (TPSA) is 82.8 Å². The molecule has 0 atom stereocenters. The number of nitrogens with one attached hydrogen (secondary N) is 1. The number of methoxy groups -OCH3 is 1. The van der Waals surface area contributed by atoms with Crippen LogP contribution in [0.1, 0.15) is 6.42 Å². The quantitative estimate of drug-likeness (QED) is 0.294. The maximum absolute atomic E-state index is 10.6. The van der Waals surface area contributed by atoms with Crippen molar-refractivity contribution in [2.24, 2.45) is 5.84 Å². The summed E-state index contributed by atoms with van der Waals surface area (Å²) in [7, 11) is 1.58. The molecule has 0 aromatic rings. The predicted molar refractivity (Wildman–Crippen MR) is 40.7 cm³/mol. The highest BCUT2D eigenvalue weighted by Crippen LogP contribution is 1.85. The van der Waals surface area contributed by atoms with E-state index < -0.39 is 5.97 Å². The lowest BCUT2D eigenvalue weighted by molar-refractivity contribution is -0.152. The van der Waals surface area contributed by atoms with Crippen molar-refractivity contribution < 1.29 is 19.1 Å². The molecule has 0 saturated carbocycles. The summed E-state index contributed by atoms with van der Waals surface area (Å²) in [5.41, 5.74) is 1.79. The van der Waals surface area contributed by atoms with Crippen LogP contribution >= 0.6 is 0 Å². The molecule has 0 aromatic heterocycles. The summed E-state index contributed by atoms with van der Waals surface area (Å²) in [5.74, 6) is 4.28. The molecular formula is C6H14N2O4. The summed E-state index contributed by atoms with van der Waals surface area (Å²) in [6.07, 6.45) is 0.175. The molecule has 0 saturated heterocycles. The van der Waals surface area contributed by atoms with Crippen molar-refractivity contribution in [3.05, 3.63) is 0 Å². The van der Waals surface area contributed by atoms with E-state index in [1.807, 2.05) is 0 Å². The number of hydrogen-bond acceptors (Lipinski definition) is 6. The van der Waals surface area contributed by atoms with Crippen LogP contribution in [0.25, 0.3) is 0 Å². The van der Waals surface area contributed by atoms with E-state index in [-0.39, 0.29) is 6.42 Å². The van der Waals surface area contributed by atoms with Crippen LogP contribution in [0.5, 0.6) is 0 Å². The Balaban J connectivity index is 3.03. The van der Waals surface area contributed by atoms with Crippen molar-refractivity contribution in [1.82, 2.24) is 5.59 Å². The molecule has 0 aliphatic rings. The Kier molecular flexibility index (Phi) is 7.92. The number of hydrogen-bond donors (Lipinski definition) is 2. The molecule has 0 rings (SSSR count). The monoisotopic (exact) mass is 178 g/mol. The zero-order valence-electron chi connectivity index (χ0n) is 7.04. The Morgan fingerprint density at radius 2 is 2.17 bits per heavy atom. The Morgan fingerprint density at radius 3 is 2.75 bits per heavy atom. The molecule has 0 bridgehead atoms. The second-order valence-corrected chi connectivity index (χ2v) is 1.95. The van der Waals surface area contributed by atoms with Gasteiger partial charge in [-0.15, -0.1) is 0 Å². The number of carbonyl (C=O) groups excluding carboxylic acids is 1. The highest BCUT2D eigenvalue weighted by atomic mass is 16.7. The molecule has 0 radical (unpaired) electrons. The molecule has 0 heterocycles. The minimum atomic E-state index is -0.449. The number of carbonyl (C=O) groups is 1. The molecule has 0 fully saturated rings. The molecule has 0 aromatic carbocycles. The Bertz CT molecular complexity index is 120. The van der Waals surface area contributed by atoms with Crippen LogP contribution in [0.4, 0.5) is 0 Å². The van der Waals surface area contributed by atoms with Crippen molar-refractivity contribution in [3.8, 4) is 0 Å². The van der Waals surface area contributed by atoms with Crippen molar-refractivity contribution in [2.45, 2.75) is 6.42 Å². The third-order valence-electron chi connectivity index (χ3n) is 1.06. The van der Waals surface area contributed by atoms with Gasteiger partial charge in [0.25, 0.3) is 0 Å². The van der Waals surface area contributed by atoms with Gasteiger partial charge in [-0.2, -0.15) is 0 Å². The van der Waals surface area contributed by atoms with Crippen LogP contribution in [0, 0.1) is 0 Å². The molecule has 0 spiro atoms. The largest absolute Gasteiger partial charge is 0.382 e. The third-order valence-corrected chi connectivity index (χ3v) is 1.06. The van der Waals surface area contributed by atoms with Gasteiger partial charge in [-0.3, -0.25) is 4.79 Å². The average Bonchev–Trinajstić information content (AvgIpc) is 2.05. The van der Waals surface area contributed by atoms with Crippen LogP contribution in [-0.4, -0.2) is 32.9 Å². The van der Waals surface area contributed by atoms with Crippen LogP contribution in [-0.2, 0) is 19.1 Å². The highest BCUT2D eigenvalue weighted by Gasteiger charge is 2.00.